The van der Waals surface area contributed by atoms with Crippen LogP contribution in [-0.2, 0) is 4.79 Å². The summed E-state index contributed by atoms with van der Waals surface area (Å²) in [6.45, 7) is 5.46. The van der Waals surface area contributed by atoms with Crippen molar-refractivity contribution in [1.82, 2.24) is 15.5 Å². The lowest BCUT2D eigenvalue weighted by molar-refractivity contribution is -0.119. The van der Waals surface area contributed by atoms with Gasteiger partial charge in [0.25, 0.3) is 0 Å². The zero-order valence-corrected chi connectivity index (χ0v) is 15.8. The molecule has 1 fully saturated rings. The van der Waals surface area contributed by atoms with Crippen molar-refractivity contribution in [2.75, 3.05) is 17.6 Å². The van der Waals surface area contributed by atoms with Crippen LogP contribution in [0.5, 0.6) is 0 Å². The van der Waals surface area contributed by atoms with E-state index in [0.717, 1.165) is 41.2 Å². The summed E-state index contributed by atoms with van der Waals surface area (Å²) in [6.07, 6.45) is 8.36. The molecule has 0 aliphatic heterocycles. The normalized spacial score (nSPS) is 16.4. The molecule has 0 unspecified atom stereocenters. The van der Waals surface area contributed by atoms with Crippen LogP contribution in [0.4, 0.5) is 5.13 Å². The van der Waals surface area contributed by atoms with Gasteiger partial charge in [-0.25, -0.2) is 0 Å². The SMILES string of the molecule is CC[C@@H](C)CCCNc1nnc(SCC(=O)NC2CCCC2)s1. The summed E-state index contributed by atoms with van der Waals surface area (Å²) >= 11 is 3.01. The number of hydrogen-bond acceptors (Lipinski definition) is 6. The molecule has 0 radical (unpaired) electrons. The molecule has 7 heteroatoms. The summed E-state index contributed by atoms with van der Waals surface area (Å²) in [7, 11) is 0. The van der Waals surface area contributed by atoms with Crippen molar-refractivity contribution in [3.8, 4) is 0 Å². The standard InChI is InChI=1S/C16H28N4OS2/c1-3-12(2)7-6-10-17-15-19-20-16(23-15)22-11-14(21)18-13-8-4-5-9-13/h12-13H,3-11H2,1-2H3,(H,17,19)(H,18,21)/t12-/m1/s1. The number of carbonyl (C=O) groups is 1. The minimum Gasteiger partial charge on any atom is -0.360 e. The second kappa shape index (κ2) is 10.1. The zero-order chi connectivity index (χ0) is 16.5. The van der Waals surface area contributed by atoms with Crippen LogP contribution in [0.1, 0.15) is 58.8 Å². The first-order valence-corrected chi connectivity index (χ1v) is 10.5. The number of rotatable bonds is 10. The third-order valence-corrected chi connectivity index (χ3v) is 6.31. The Morgan fingerprint density at radius 1 is 1.39 bits per heavy atom. The van der Waals surface area contributed by atoms with E-state index in [9.17, 15) is 4.79 Å². The summed E-state index contributed by atoms with van der Waals surface area (Å²) < 4.78 is 0.857. The number of amides is 1. The third-order valence-electron chi connectivity index (χ3n) is 4.30. The van der Waals surface area contributed by atoms with Crippen molar-refractivity contribution in [3.63, 3.8) is 0 Å². The molecule has 2 rings (SSSR count). The van der Waals surface area contributed by atoms with E-state index in [2.05, 4.69) is 34.7 Å². The topological polar surface area (TPSA) is 66.9 Å². The summed E-state index contributed by atoms with van der Waals surface area (Å²) in [5.41, 5.74) is 0. The summed E-state index contributed by atoms with van der Waals surface area (Å²) in [5.74, 6) is 1.33. The van der Waals surface area contributed by atoms with E-state index < -0.39 is 0 Å². The molecule has 0 saturated heterocycles. The Labute approximate surface area is 147 Å². The highest BCUT2D eigenvalue weighted by Gasteiger charge is 2.17. The molecular weight excluding hydrogens is 328 g/mol. The first-order chi connectivity index (χ1) is 11.2. The van der Waals surface area contributed by atoms with E-state index in [1.165, 1.54) is 48.8 Å². The molecular formula is C16H28N4OS2. The summed E-state index contributed by atoms with van der Waals surface area (Å²) in [5, 5.41) is 15.5. The molecule has 0 spiro atoms. The van der Waals surface area contributed by atoms with Gasteiger partial charge in [0.1, 0.15) is 0 Å². The lowest BCUT2D eigenvalue weighted by atomic mass is 10.0. The average molecular weight is 357 g/mol. The molecule has 1 atom stereocenters. The van der Waals surface area contributed by atoms with Gasteiger partial charge in [-0.1, -0.05) is 56.2 Å². The lowest BCUT2D eigenvalue weighted by Gasteiger charge is -2.10. The summed E-state index contributed by atoms with van der Waals surface area (Å²) in [4.78, 5) is 11.9. The first-order valence-electron chi connectivity index (χ1n) is 8.67. The van der Waals surface area contributed by atoms with Crippen molar-refractivity contribution >= 4 is 34.1 Å². The van der Waals surface area contributed by atoms with E-state index >= 15 is 0 Å². The molecule has 23 heavy (non-hydrogen) atoms. The van der Waals surface area contributed by atoms with E-state index in [0.29, 0.717) is 11.8 Å². The van der Waals surface area contributed by atoms with E-state index in [-0.39, 0.29) is 5.91 Å². The molecule has 1 aliphatic rings. The molecule has 130 valence electrons. The Hall–Kier alpha value is -0.820. The Balaban J connectivity index is 1.61. The first kappa shape index (κ1) is 18.5. The fraction of sp³-hybridized carbons (Fsp3) is 0.812. The number of anilines is 1. The van der Waals surface area contributed by atoms with Crippen molar-refractivity contribution in [2.24, 2.45) is 5.92 Å². The number of carbonyl (C=O) groups excluding carboxylic acids is 1. The Morgan fingerprint density at radius 3 is 2.91 bits per heavy atom. The Morgan fingerprint density at radius 2 is 2.17 bits per heavy atom. The van der Waals surface area contributed by atoms with Crippen LogP contribution < -0.4 is 10.6 Å². The van der Waals surface area contributed by atoms with Gasteiger partial charge in [-0.3, -0.25) is 4.79 Å². The van der Waals surface area contributed by atoms with Crippen molar-refractivity contribution in [3.05, 3.63) is 0 Å². The number of aromatic nitrogens is 2. The molecule has 1 aromatic rings. The number of nitrogens with zero attached hydrogens (tertiary/aromatic N) is 2. The Kier molecular flexibility index (Phi) is 8.16. The van der Waals surface area contributed by atoms with E-state index in [1.54, 1.807) is 0 Å². The van der Waals surface area contributed by atoms with Crippen molar-refractivity contribution in [1.29, 1.82) is 0 Å². The minimum atomic E-state index is 0.111. The fourth-order valence-corrected chi connectivity index (χ4v) is 4.24. The van der Waals surface area contributed by atoms with Gasteiger partial charge >= 0.3 is 0 Å². The van der Waals surface area contributed by atoms with Crippen LogP contribution in [0, 0.1) is 5.92 Å². The van der Waals surface area contributed by atoms with Crippen LogP contribution in [-0.4, -0.2) is 34.4 Å². The maximum absolute atomic E-state index is 11.9. The second-order valence-corrected chi connectivity index (χ2v) is 8.49. The van der Waals surface area contributed by atoms with Gasteiger partial charge in [0.05, 0.1) is 5.75 Å². The van der Waals surface area contributed by atoms with Crippen molar-refractivity contribution in [2.45, 2.75) is 69.2 Å². The van der Waals surface area contributed by atoms with Gasteiger partial charge in [-0.2, -0.15) is 0 Å². The van der Waals surface area contributed by atoms with Crippen LogP contribution >= 0.6 is 23.1 Å². The molecule has 1 amide bonds. The monoisotopic (exact) mass is 356 g/mol. The quantitative estimate of drug-likeness (QED) is 0.491. The van der Waals surface area contributed by atoms with Gasteiger partial charge < -0.3 is 10.6 Å². The lowest BCUT2D eigenvalue weighted by Crippen LogP contribution is -2.33. The van der Waals surface area contributed by atoms with Crippen LogP contribution in [0.15, 0.2) is 4.34 Å². The van der Waals surface area contributed by atoms with Gasteiger partial charge in [0.2, 0.25) is 11.0 Å². The Bertz CT molecular complexity index is 474. The number of hydrogen-bond donors (Lipinski definition) is 2. The van der Waals surface area contributed by atoms with Crippen LogP contribution in [0.25, 0.3) is 0 Å². The highest BCUT2D eigenvalue weighted by Crippen LogP contribution is 2.25. The van der Waals surface area contributed by atoms with Gasteiger partial charge in [-0.05, 0) is 31.6 Å². The highest BCUT2D eigenvalue weighted by atomic mass is 32.2. The molecule has 2 N–H and O–H groups in total. The van der Waals surface area contributed by atoms with Crippen molar-refractivity contribution < 1.29 is 4.79 Å². The van der Waals surface area contributed by atoms with Gasteiger partial charge in [0, 0.05) is 12.6 Å². The third kappa shape index (κ3) is 7.08. The maximum atomic E-state index is 11.9. The molecule has 1 saturated carbocycles. The van der Waals surface area contributed by atoms with Crippen LogP contribution in [0.3, 0.4) is 0 Å². The zero-order valence-electron chi connectivity index (χ0n) is 14.1. The average Bonchev–Trinajstić information content (AvgIpc) is 3.21. The van der Waals surface area contributed by atoms with Gasteiger partial charge in [0.15, 0.2) is 4.34 Å². The molecule has 0 aromatic carbocycles. The number of nitrogens with one attached hydrogen (secondary N) is 2. The predicted octanol–water partition coefficient (Wildman–Crippen LogP) is 3.93. The minimum absolute atomic E-state index is 0.111. The maximum Gasteiger partial charge on any atom is 0.230 e. The molecule has 1 aromatic heterocycles. The van der Waals surface area contributed by atoms with Crippen LogP contribution in [0.2, 0.25) is 0 Å². The summed E-state index contributed by atoms with van der Waals surface area (Å²) in [6, 6.07) is 0.389. The molecule has 0 bridgehead atoms. The smallest absolute Gasteiger partial charge is 0.230 e. The number of thioether (sulfide) groups is 1. The highest BCUT2D eigenvalue weighted by molar-refractivity contribution is 8.01. The molecule has 1 aliphatic carbocycles. The molecule has 5 nitrogen and oxygen atoms in total. The van der Waals surface area contributed by atoms with E-state index in [1.807, 2.05) is 0 Å². The largest absolute Gasteiger partial charge is 0.360 e. The fourth-order valence-electron chi connectivity index (χ4n) is 2.66. The predicted molar refractivity (Wildman–Crippen MR) is 98.2 cm³/mol. The second-order valence-electron chi connectivity index (χ2n) is 6.29. The molecule has 1 heterocycles. The van der Waals surface area contributed by atoms with E-state index in [4.69, 9.17) is 0 Å². The van der Waals surface area contributed by atoms with Gasteiger partial charge in [-0.15, -0.1) is 10.2 Å².